The minimum absolute atomic E-state index is 0.0333. The summed E-state index contributed by atoms with van der Waals surface area (Å²) in [5.41, 5.74) is -2.20. The number of aliphatic carboxylic acids is 1. The number of carboxylic acid groups (broad SMARTS) is 1. The molecule has 2 amide bonds. The fraction of sp³-hybridized carbons (Fsp3) is 0.812. The molecule has 7 nitrogen and oxygen atoms in total. The monoisotopic (exact) mass is 328 g/mol. The molecule has 0 bridgehead atoms. The first-order valence-electron chi connectivity index (χ1n) is 8.04. The summed E-state index contributed by atoms with van der Waals surface area (Å²) in [7, 11) is 0. The van der Waals surface area contributed by atoms with Crippen LogP contribution in [0.4, 0.5) is 4.79 Å². The number of hydrogen-bond donors (Lipinski definition) is 2. The van der Waals surface area contributed by atoms with Crippen LogP contribution in [0, 0.1) is 5.92 Å². The molecule has 0 aliphatic carbocycles. The lowest BCUT2D eigenvalue weighted by atomic mass is 9.99. The van der Waals surface area contributed by atoms with Crippen molar-refractivity contribution in [3.8, 4) is 0 Å². The quantitative estimate of drug-likeness (QED) is 0.805. The van der Waals surface area contributed by atoms with Crippen LogP contribution in [0.2, 0.25) is 0 Å². The van der Waals surface area contributed by atoms with Crippen LogP contribution in [0.3, 0.4) is 0 Å². The third-order valence-corrected chi connectivity index (χ3v) is 3.87. The fourth-order valence-electron chi connectivity index (χ4n) is 2.70. The zero-order valence-corrected chi connectivity index (χ0v) is 14.6. The van der Waals surface area contributed by atoms with Crippen LogP contribution in [0.25, 0.3) is 0 Å². The van der Waals surface area contributed by atoms with Gasteiger partial charge in [-0.25, -0.2) is 9.59 Å². The SMILES string of the molecule is CCCC(C)C(=O)N1CCC(NC(=O)OC(C)(C)C)(C(=O)O)C1. The Labute approximate surface area is 137 Å². The zero-order valence-electron chi connectivity index (χ0n) is 14.6. The van der Waals surface area contributed by atoms with Crippen molar-refractivity contribution in [2.45, 2.75) is 65.0 Å². The average Bonchev–Trinajstić information content (AvgIpc) is 2.81. The molecule has 0 aromatic heterocycles. The van der Waals surface area contributed by atoms with Gasteiger partial charge in [0.1, 0.15) is 5.60 Å². The van der Waals surface area contributed by atoms with E-state index < -0.39 is 23.2 Å². The van der Waals surface area contributed by atoms with E-state index in [9.17, 15) is 19.5 Å². The van der Waals surface area contributed by atoms with Crippen LogP contribution < -0.4 is 5.32 Å². The summed E-state index contributed by atoms with van der Waals surface area (Å²) in [6.45, 7) is 9.24. The van der Waals surface area contributed by atoms with Gasteiger partial charge in [-0.15, -0.1) is 0 Å². The number of carbonyl (C=O) groups excluding carboxylic acids is 2. The molecule has 23 heavy (non-hydrogen) atoms. The van der Waals surface area contributed by atoms with Gasteiger partial charge in [-0.1, -0.05) is 20.3 Å². The summed E-state index contributed by atoms with van der Waals surface area (Å²) < 4.78 is 5.14. The van der Waals surface area contributed by atoms with Gasteiger partial charge in [-0.05, 0) is 27.2 Å². The minimum atomic E-state index is -1.48. The molecule has 1 heterocycles. The Hall–Kier alpha value is -1.79. The molecule has 0 aromatic rings. The number of carboxylic acids is 1. The Balaban J connectivity index is 2.79. The van der Waals surface area contributed by atoms with E-state index >= 15 is 0 Å². The molecule has 1 aliphatic heterocycles. The van der Waals surface area contributed by atoms with Crippen molar-refractivity contribution in [2.75, 3.05) is 13.1 Å². The standard InChI is InChI=1S/C16H28N2O5/c1-6-7-11(2)12(19)18-9-8-16(10-18,13(20)21)17-14(22)23-15(3,4)5/h11H,6-10H2,1-5H3,(H,17,22)(H,20,21). The molecular formula is C16H28N2O5. The highest BCUT2D eigenvalue weighted by molar-refractivity contribution is 5.87. The van der Waals surface area contributed by atoms with Crippen molar-refractivity contribution in [3.63, 3.8) is 0 Å². The second-order valence-electron chi connectivity index (χ2n) is 7.21. The van der Waals surface area contributed by atoms with E-state index in [0.29, 0.717) is 6.54 Å². The molecule has 0 radical (unpaired) electrons. The van der Waals surface area contributed by atoms with E-state index in [1.54, 1.807) is 20.8 Å². The van der Waals surface area contributed by atoms with E-state index in [1.807, 2.05) is 13.8 Å². The maximum Gasteiger partial charge on any atom is 0.408 e. The van der Waals surface area contributed by atoms with Crippen LogP contribution >= 0.6 is 0 Å². The van der Waals surface area contributed by atoms with Gasteiger partial charge in [0, 0.05) is 18.9 Å². The Morgan fingerprint density at radius 1 is 1.35 bits per heavy atom. The lowest BCUT2D eigenvalue weighted by Crippen LogP contribution is -2.57. The maximum absolute atomic E-state index is 12.3. The van der Waals surface area contributed by atoms with Crippen molar-refractivity contribution in [3.05, 3.63) is 0 Å². The van der Waals surface area contributed by atoms with Crippen LogP contribution in [0.5, 0.6) is 0 Å². The molecule has 1 fully saturated rings. The highest BCUT2D eigenvalue weighted by atomic mass is 16.6. The summed E-state index contributed by atoms with van der Waals surface area (Å²) in [5.74, 6) is -1.37. The van der Waals surface area contributed by atoms with E-state index in [1.165, 1.54) is 4.90 Å². The van der Waals surface area contributed by atoms with E-state index in [0.717, 1.165) is 12.8 Å². The molecule has 1 rings (SSSR count). The first kappa shape index (κ1) is 19.3. The molecule has 0 aromatic carbocycles. The van der Waals surface area contributed by atoms with Gasteiger partial charge in [0.15, 0.2) is 5.54 Å². The number of nitrogens with one attached hydrogen (secondary N) is 1. The lowest BCUT2D eigenvalue weighted by molar-refractivity contribution is -0.144. The molecule has 132 valence electrons. The number of ether oxygens (including phenoxy) is 1. The summed E-state index contributed by atoms with van der Waals surface area (Å²) in [6.07, 6.45) is 1.04. The second kappa shape index (κ2) is 7.19. The largest absolute Gasteiger partial charge is 0.479 e. The maximum atomic E-state index is 12.3. The highest BCUT2D eigenvalue weighted by Gasteiger charge is 2.48. The van der Waals surface area contributed by atoms with Crippen LogP contribution in [-0.4, -0.2) is 52.2 Å². The van der Waals surface area contributed by atoms with Gasteiger partial charge in [-0.2, -0.15) is 0 Å². The minimum Gasteiger partial charge on any atom is -0.479 e. The number of alkyl carbamates (subject to hydrolysis) is 1. The molecule has 0 spiro atoms. The molecule has 0 saturated carbocycles. The van der Waals surface area contributed by atoms with E-state index in [-0.39, 0.29) is 24.8 Å². The highest BCUT2D eigenvalue weighted by Crippen LogP contribution is 2.25. The number of nitrogens with zero attached hydrogens (tertiary/aromatic N) is 1. The van der Waals surface area contributed by atoms with Crippen molar-refractivity contribution in [1.29, 1.82) is 0 Å². The van der Waals surface area contributed by atoms with Crippen molar-refractivity contribution in [1.82, 2.24) is 10.2 Å². The molecule has 2 atom stereocenters. The Kier molecular flexibility index (Phi) is 6.02. The Bertz CT molecular complexity index is 472. The zero-order chi connectivity index (χ0) is 17.8. The molecule has 7 heteroatoms. The molecule has 1 saturated heterocycles. The van der Waals surface area contributed by atoms with Gasteiger partial charge < -0.3 is 20.1 Å². The van der Waals surface area contributed by atoms with Crippen LogP contribution in [-0.2, 0) is 14.3 Å². The molecule has 1 aliphatic rings. The van der Waals surface area contributed by atoms with Crippen LogP contribution in [0.15, 0.2) is 0 Å². The molecule has 2 unspecified atom stereocenters. The van der Waals surface area contributed by atoms with Crippen molar-refractivity contribution >= 4 is 18.0 Å². The number of hydrogen-bond acceptors (Lipinski definition) is 4. The normalized spacial score (nSPS) is 22.6. The van der Waals surface area contributed by atoms with Gasteiger partial charge in [0.2, 0.25) is 5.91 Å². The lowest BCUT2D eigenvalue weighted by Gasteiger charge is -2.28. The average molecular weight is 328 g/mol. The first-order chi connectivity index (χ1) is 10.5. The van der Waals surface area contributed by atoms with Crippen molar-refractivity contribution in [2.24, 2.45) is 5.92 Å². The summed E-state index contributed by atoms with van der Waals surface area (Å²) in [6, 6.07) is 0. The molecule has 2 N–H and O–H groups in total. The van der Waals surface area contributed by atoms with Crippen molar-refractivity contribution < 1.29 is 24.2 Å². The summed E-state index contributed by atoms with van der Waals surface area (Å²) in [4.78, 5) is 37.5. The number of likely N-dealkylation sites (tertiary alicyclic amines) is 1. The predicted octanol–water partition coefficient (Wildman–Crippen LogP) is 2.00. The first-order valence-corrected chi connectivity index (χ1v) is 8.04. The predicted molar refractivity (Wildman–Crippen MR) is 85.0 cm³/mol. The Morgan fingerprint density at radius 3 is 2.43 bits per heavy atom. The van der Waals surface area contributed by atoms with Gasteiger partial charge in [0.25, 0.3) is 0 Å². The van der Waals surface area contributed by atoms with E-state index in [2.05, 4.69) is 5.32 Å². The second-order valence-corrected chi connectivity index (χ2v) is 7.21. The van der Waals surface area contributed by atoms with Gasteiger partial charge >= 0.3 is 12.1 Å². The van der Waals surface area contributed by atoms with Gasteiger partial charge in [-0.3, -0.25) is 4.79 Å². The topological polar surface area (TPSA) is 95.9 Å². The Morgan fingerprint density at radius 2 is 1.96 bits per heavy atom. The number of rotatable bonds is 5. The fourth-order valence-corrected chi connectivity index (χ4v) is 2.70. The number of carbonyl (C=O) groups is 3. The van der Waals surface area contributed by atoms with E-state index in [4.69, 9.17) is 4.74 Å². The number of amides is 2. The van der Waals surface area contributed by atoms with Gasteiger partial charge in [0.05, 0.1) is 6.54 Å². The van der Waals surface area contributed by atoms with Crippen LogP contribution in [0.1, 0.15) is 53.9 Å². The molecular weight excluding hydrogens is 300 g/mol. The third-order valence-electron chi connectivity index (χ3n) is 3.87. The summed E-state index contributed by atoms with van der Waals surface area (Å²) in [5, 5.41) is 12.0. The smallest absolute Gasteiger partial charge is 0.408 e. The third kappa shape index (κ3) is 5.11. The summed E-state index contributed by atoms with van der Waals surface area (Å²) >= 11 is 0.